The van der Waals surface area contributed by atoms with Crippen molar-refractivity contribution in [3.63, 3.8) is 0 Å². The Hall–Kier alpha value is -2.21. The predicted octanol–water partition coefficient (Wildman–Crippen LogP) is 2.88. The van der Waals surface area contributed by atoms with Crippen molar-refractivity contribution in [1.82, 2.24) is 15.1 Å². The first kappa shape index (κ1) is 15.2. The largest absolute Gasteiger partial charge is 0.308 e. The maximum atomic E-state index is 10.7. The Bertz CT molecular complexity index is 639. The van der Waals surface area contributed by atoms with Gasteiger partial charge in [-0.3, -0.25) is 14.8 Å². The maximum absolute atomic E-state index is 10.7. The molecule has 1 N–H and O–H groups in total. The molecule has 21 heavy (non-hydrogen) atoms. The van der Waals surface area contributed by atoms with Gasteiger partial charge < -0.3 is 5.32 Å². The number of aromatic nitrogens is 2. The summed E-state index contributed by atoms with van der Waals surface area (Å²) in [6.07, 6.45) is 1.97. The molecule has 1 aromatic carbocycles. The van der Waals surface area contributed by atoms with Crippen LogP contribution in [0, 0.1) is 10.1 Å². The van der Waals surface area contributed by atoms with E-state index in [9.17, 15) is 10.1 Å². The molecule has 6 heteroatoms. The van der Waals surface area contributed by atoms with Crippen LogP contribution >= 0.6 is 0 Å². The monoisotopic (exact) mass is 288 g/mol. The van der Waals surface area contributed by atoms with Crippen LogP contribution in [0.15, 0.2) is 30.5 Å². The molecule has 0 saturated carbocycles. The van der Waals surface area contributed by atoms with Gasteiger partial charge in [0.25, 0.3) is 5.69 Å². The number of nitrogens with one attached hydrogen (secondary N) is 1. The molecule has 0 radical (unpaired) electrons. The Morgan fingerprint density at radius 2 is 1.90 bits per heavy atom. The Morgan fingerprint density at radius 3 is 2.43 bits per heavy atom. The summed E-state index contributed by atoms with van der Waals surface area (Å²) in [5.41, 5.74) is 2.91. The van der Waals surface area contributed by atoms with Crippen molar-refractivity contribution in [2.45, 2.75) is 32.9 Å². The highest BCUT2D eigenvalue weighted by Crippen LogP contribution is 2.24. The Morgan fingerprint density at radius 1 is 1.29 bits per heavy atom. The normalized spacial score (nSPS) is 11.6. The molecule has 0 aliphatic rings. The van der Waals surface area contributed by atoms with Crippen LogP contribution in [0.3, 0.4) is 0 Å². The van der Waals surface area contributed by atoms with Gasteiger partial charge in [0, 0.05) is 48.6 Å². The SMILES string of the molecule is Cn1cc(CNC(C)(C)C)c(-c2ccc([N+](=O)[O-])cc2)n1. The van der Waals surface area contributed by atoms with E-state index in [2.05, 4.69) is 31.2 Å². The lowest BCUT2D eigenvalue weighted by atomic mass is 10.1. The molecule has 1 aromatic heterocycles. The second kappa shape index (κ2) is 5.65. The minimum absolute atomic E-state index is 0.0165. The van der Waals surface area contributed by atoms with Crippen LogP contribution in [0.1, 0.15) is 26.3 Å². The summed E-state index contributed by atoms with van der Waals surface area (Å²) in [5, 5.41) is 18.6. The van der Waals surface area contributed by atoms with Gasteiger partial charge in [0.05, 0.1) is 10.6 Å². The summed E-state index contributed by atoms with van der Waals surface area (Å²) in [4.78, 5) is 10.3. The number of hydrogen-bond acceptors (Lipinski definition) is 4. The zero-order valence-corrected chi connectivity index (χ0v) is 12.8. The third-order valence-electron chi connectivity index (χ3n) is 3.07. The number of benzene rings is 1. The van der Waals surface area contributed by atoms with Crippen LogP contribution in [0.25, 0.3) is 11.3 Å². The first-order valence-corrected chi connectivity index (χ1v) is 6.78. The first-order chi connectivity index (χ1) is 9.76. The van der Waals surface area contributed by atoms with E-state index in [1.54, 1.807) is 16.8 Å². The fourth-order valence-electron chi connectivity index (χ4n) is 2.01. The standard InChI is InChI=1S/C15H20N4O2/c1-15(2,3)16-9-12-10-18(4)17-14(12)11-5-7-13(8-6-11)19(20)21/h5-8,10,16H,9H2,1-4H3. The van der Waals surface area contributed by atoms with Crippen molar-refractivity contribution < 1.29 is 4.92 Å². The molecule has 2 aromatic rings. The van der Waals surface area contributed by atoms with Crippen LogP contribution in [0.5, 0.6) is 0 Å². The number of nitro groups is 1. The highest BCUT2D eigenvalue weighted by Gasteiger charge is 2.15. The molecule has 0 saturated heterocycles. The highest BCUT2D eigenvalue weighted by atomic mass is 16.6. The molecule has 0 spiro atoms. The van der Waals surface area contributed by atoms with Crippen molar-refractivity contribution >= 4 is 5.69 Å². The highest BCUT2D eigenvalue weighted by molar-refractivity contribution is 5.64. The van der Waals surface area contributed by atoms with Gasteiger partial charge >= 0.3 is 0 Å². The Labute approximate surface area is 123 Å². The fraction of sp³-hybridized carbons (Fsp3) is 0.400. The Balaban J connectivity index is 2.28. The van der Waals surface area contributed by atoms with Crippen molar-refractivity contribution in [1.29, 1.82) is 0 Å². The lowest BCUT2D eigenvalue weighted by molar-refractivity contribution is -0.384. The van der Waals surface area contributed by atoms with Crippen LogP contribution in [0.4, 0.5) is 5.69 Å². The topological polar surface area (TPSA) is 73.0 Å². The number of rotatable bonds is 4. The minimum Gasteiger partial charge on any atom is -0.308 e. The van der Waals surface area contributed by atoms with E-state index in [1.165, 1.54) is 12.1 Å². The number of hydrogen-bond donors (Lipinski definition) is 1. The van der Waals surface area contributed by atoms with E-state index in [4.69, 9.17) is 0 Å². The van der Waals surface area contributed by atoms with Gasteiger partial charge in [-0.25, -0.2) is 0 Å². The van der Waals surface area contributed by atoms with E-state index in [-0.39, 0.29) is 11.2 Å². The van der Waals surface area contributed by atoms with Crippen molar-refractivity contribution in [2.75, 3.05) is 0 Å². The molecule has 0 amide bonds. The lowest BCUT2D eigenvalue weighted by Crippen LogP contribution is -2.35. The molecule has 0 atom stereocenters. The van der Waals surface area contributed by atoms with Crippen molar-refractivity contribution in [3.05, 3.63) is 46.1 Å². The van der Waals surface area contributed by atoms with Gasteiger partial charge in [0.15, 0.2) is 0 Å². The second-order valence-corrected chi connectivity index (χ2v) is 6.08. The van der Waals surface area contributed by atoms with E-state index in [0.29, 0.717) is 6.54 Å². The Kier molecular flexibility index (Phi) is 4.09. The zero-order valence-electron chi connectivity index (χ0n) is 12.8. The van der Waals surface area contributed by atoms with E-state index < -0.39 is 4.92 Å². The van der Waals surface area contributed by atoms with Gasteiger partial charge in [-0.15, -0.1) is 0 Å². The van der Waals surface area contributed by atoms with Crippen LogP contribution in [0.2, 0.25) is 0 Å². The second-order valence-electron chi connectivity index (χ2n) is 6.08. The van der Waals surface area contributed by atoms with Crippen LogP contribution < -0.4 is 5.32 Å². The molecule has 0 aliphatic heterocycles. The minimum atomic E-state index is -0.399. The molecular formula is C15H20N4O2. The third kappa shape index (κ3) is 3.88. The molecule has 0 unspecified atom stereocenters. The fourth-order valence-corrected chi connectivity index (χ4v) is 2.01. The van der Waals surface area contributed by atoms with Crippen molar-refractivity contribution in [2.24, 2.45) is 7.05 Å². The molecule has 2 rings (SSSR count). The smallest absolute Gasteiger partial charge is 0.269 e. The molecule has 112 valence electrons. The van der Waals surface area contributed by atoms with E-state index in [1.807, 2.05) is 13.2 Å². The molecule has 0 fully saturated rings. The van der Waals surface area contributed by atoms with Gasteiger partial charge in [-0.05, 0) is 32.9 Å². The average Bonchev–Trinajstić information content (AvgIpc) is 2.77. The summed E-state index contributed by atoms with van der Waals surface area (Å²) in [7, 11) is 1.87. The van der Waals surface area contributed by atoms with Crippen LogP contribution in [-0.4, -0.2) is 20.2 Å². The molecule has 0 aliphatic carbocycles. The first-order valence-electron chi connectivity index (χ1n) is 6.78. The number of nitrogens with zero attached hydrogens (tertiary/aromatic N) is 3. The summed E-state index contributed by atoms with van der Waals surface area (Å²) < 4.78 is 1.76. The molecule has 1 heterocycles. The lowest BCUT2D eigenvalue weighted by Gasteiger charge is -2.20. The zero-order chi connectivity index (χ0) is 15.6. The summed E-state index contributed by atoms with van der Waals surface area (Å²) in [6.45, 7) is 7.02. The predicted molar refractivity (Wildman–Crippen MR) is 81.9 cm³/mol. The molecule has 6 nitrogen and oxygen atoms in total. The number of non-ortho nitro benzene ring substituents is 1. The van der Waals surface area contributed by atoms with Crippen molar-refractivity contribution in [3.8, 4) is 11.3 Å². The molecule has 0 bridgehead atoms. The average molecular weight is 288 g/mol. The third-order valence-corrected chi connectivity index (χ3v) is 3.07. The maximum Gasteiger partial charge on any atom is 0.269 e. The van der Waals surface area contributed by atoms with E-state index in [0.717, 1.165) is 16.8 Å². The summed E-state index contributed by atoms with van der Waals surface area (Å²) in [5.74, 6) is 0. The number of aryl methyl sites for hydroxylation is 1. The van der Waals surface area contributed by atoms with Gasteiger partial charge in [-0.2, -0.15) is 5.10 Å². The van der Waals surface area contributed by atoms with Gasteiger partial charge in [0.1, 0.15) is 0 Å². The van der Waals surface area contributed by atoms with Crippen LogP contribution in [-0.2, 0) is 13.6 Å². The quantitative estimate of drug-likeness (QED) is 0.693. The van der Waals surface area contributed by atoms with Gasteiger partial charge in [-0.1, -0.05) is 0 Å². The van der Waals surface area contributed by atoms with Gasteiger partial charge in [0.2, 0.25) is 0 Å². The summed E-state index contributed by atoms with van der Waals surface area (Å²) in [6, 6.07) is 6.48. The number of nitro benzene ring substituents is 1. The molecular weight excluding hydrogens is 268 g/mol. The summed E-state index contributed by atoms with van der Waals surface area (Å²) >= 11 is 0. The van der Waals surface area contributed by atoms with E-state index >= 15 is 0 Å².